The van der Waals surface area contributed by atoms with Gasteiger partial charge in [-0.05, 0) is 24.6 Å². The maximum atomic E-state index is 12.4. The molecule has 1 aromatic heterocycles. The van der Waals surface area contributed by atoms with Crippen LogP contribution in [-0.2, 0) is 0 Å². The zero-order valence-corrected chi connectivity index (χ0v) is 13.9. The largest absolute Gasteiger partial charge is 0.339 e. The molecular formula is C17H21N2O2S+. The molecular weight excluding hydrogens is 296 g/mol. The van der Waals surface area contributed by atoms with Crippen LogP contribution < -0.4 is 10.2 Å². The molecule has 2 aromatic rings. The van der Waals surface area contributed by atoms with Gasteiger partial charge in [0.1, 0.15) is 12.6 Å². The van der Waals surface area contributed by atoms with Gasteiger partial charge in [0.15, 0.2) is 5.78 Å². The molecule has 1 heterocycles. The molecule has 0 radical (unpaired) electrons. The van der Waals surface area contributed by atoms with E-state index in [-0.39, 0.29) is 17.7 Å². The molecule has 0 aliphatic carbocycles. The van der Waals surface area contributed by atoms with Crippen molar-refractivity contribution in [1.82, 2.24) is 5.32 Å². The minimum Gasteiger partial charge on any atom is -0.339 e. The molecule has 1 amide bonds. The zero-order valence-electron chi connectivity index (χ0n) is 13.1. The smallest absolute Gasteiger partial charge is 0.262 e. The number of Topliss-reactive ketones (excluding diaryl/α,β-unsaturated/α-hetero) is 1. The van der Waals surface area contributed by atoms with Crippen LogP contribution in [0.15, 0.2) is 42.5 Å². The van der Waals surface area contributed by atoms with Gasteiger partial charge < -0.3 is 10.2 Å². The molecule has 4 nitrogen and oxygen atoms in total. The number of thiophene rings is 1. The van der Waals surface area contributed by atoms with Crippen molar-refractivity contribution in [3.05, 3.63) is 57.8 Å². The first kappa shape index (κ1) is 16.4. The summed E-state index contributed by atoms with van der Waals surface area (Å²) in [4.78, 5) is 26.2. The molecule has 0 saturated heterocycles. The Bertz CT molecular complexity index is 650. The highest BCUT2D eigenvalue weighted by molar-refractivity contribution is 7.15. The van der Waals surface area contributed by atoms with Gasteiger partial charge in [0.25, 0.3) is 5.91 Å². The number of carbonyl (C=O) groups is 2. The molecule has 1 atom stereocenters. The molecule has 22 heavy (non-hydrogen) atoms. The Morgan fingerprint density at radius 2 is 1.73 bits per heavy atom. The number of benzene rings is 1. The summed E-state index contributed by atoms with van der Waals surface area (Å²) in [5.41, 5.74) is 1.08. The van der Waals surface area contributed by atoms with E-state index in [4.69, 9.17) is 0 Å². The monoisotopic (exact) mass is 317 g/mol. The molecule has 2 N–H and O–H groups in total. The second-order valence-electron chi connectivity index (χ2n) is 5.57. The minimum absolute atomic E-state index is 0.0126. The van der Waals surface area contributed by atoms with Crippen LogP contribution in [0, 0.1) is 0 Å². The van der Waals surface area contributed by atoms with Crippen LogP contribution in [0.2, 0.25) is 0 Å². The number of likely N-dealkylation sites (N-methyl/N-ethyl adjacent to an activating group) is 1. The number of hydrogen-bond acceptors (Lipinski definition) is 3. The van der Waals surface area contributed by atoms with Gasteiger partial charge in [-0.2, -0.15) is 0 Å². The SMILES string of the molecule is CC(=O)c1ccc(C(=O)N[C@H](C[NH+](C)C)c2ccccc2)s1. The summed E-state index contributed by atoms with van der Waals surface area (Å²) >= 11 is 1.24. The van der Waals surface area contributed by atoms with Gasteiger partial charge in [0.05, 0.1) is 23.8 Å². The maximum absolute atomic E-state index is 12.4. The van der Waals surface area contributed by atoms with E-state index >= 15 is 0 Å². The fraction of sp³-hybridized carbons (Fsp3) is 0.294. The number of nitrogens with one attached hydrogen (secondary N) is 2. The average Bonchev–Trinajstić information content (AvgIpc) is 2.97. The third-order valence-electron chi connectivity index (χ3n) is 3.30. The van der Waals surface area contributed by atoms with E-state index in [1.807, 2.05) is 30.3 Å². The number of carbonyl (C=O) groups excluding carboxylic acids is 2. The molecule has 0 fully saturated rings. The topological polar surface area (TPSA) is 50.6 Å². The molecule has 2 rings (SSSR count). The van der Waals surface area contributed by atoms with Crippen LogP contribution in [0.3, 0.4) is 0 Å². The predicted molar refractivity (Wildman–Crippen MR) is 88.7 cm³/mol. The van der Waals surface area contributed by atoms with Crippen LogP contribution in [0.25, 0.3) is 0 Å². The van der Waals surface area contributed by atoms with Crippen molar-refractivity contribution in [3.8, 4) is 0 Å². The normalized spacial score (nSPS) is 12.2. The highest BCUT2D eigenvalue weighted by Crippen LogP contribution is 2.18. The van der Waals surface area contributed by atoms with Crippen LogP contribution in [0.1, 0.15) is 37.9 Å². The second-order valence-corrected chi connectivity index (χ2v) is 6.65. The van der Waals surface area contributed by atoms with E-state index in [9.17, 15) is 9.59 Å². The van der Waals surface area contributed by atoms with Crippen molar-refractivity contribution in [2.75, 3.05) is 20.6 Å². The summed E-state index contributed by atoms with van der Waals surface area (Å²) in [7, 11) is 4.11. The van der Waals surface area contributed by atoms with Crippen molar-refractivity contribution < 1.29 is 14.5 Å². The van der Waals surface area contributed by atoms with E-state index in [1.165, 1.54) is 23.2 Å². The Morgan fingerprint density at radius 1 is 1.09 bits per heavy atom. The third kappa shape index (κ3) is 4.26. The molecule has 0 aliphatic rings. The molecule has 0 spiro atoms. The second kappa shape index (κ2) is 7.33. The minimum atomic E-state index is -0.132. The third-order valence-corrected chi connectivity index (χ3v) is 4.48. The van der Waals surface area contributed by atoms with Gasteiger partial charge in [-0.15, -0.1) is 11.3 Å². The summed E-state index contributed by atoms with van der Waals surface area (Å²) in [5, 5.41) is 3.07. The van der Waals surface area contributed by atoms with Crippen molar-refractivity contribution in [2.24, 2.45) is 0 Å². The van der Waals surface area contributed by atoms with Crippen molar-refractivity contribution in [1.29, 1.82) is 0 Å². The van der Waals surface area contributed by atoms with Crippen molar-refractivity contribution >= 4 is 23.0 Å². The van der Waals surface area contributed by atoms with Gasteiger partial charge in [-0.25, -0.2) is 0 Å². The first-order valence-corrected chi connectivity index (χ1v) is 8.04. The van der Waals surface area contributed by atoms with E-state index in [2.05, 4.69) is 19.4 Å². The lowest BCUT2D eigenvalue weighted by Gasteiger charge is -2.20. The number of amides is 1. The maximum Gasteiger partial charge on any atom is 0.262 e. The van der Waals surface area contributed by atoms with Gasteiger partial charge in [-0.3, -0.25) is 9.59 Å². The number of rotatable bonds is 6. The number of hydrogen-bond donors (Lipinski definition) is 2. The van der Waals surface area contributed by atoms with Gasteiger partial charge in [-0.1, -0.05) is 30.3 Å². The van der Waals surface area contributed by atoms with Crippen LogP contribution in [-0.4, -0.2) is 32.3 Å². The van der Waals surface area contributed by atoms with Crippen LogP contribution in [0.4, 0.5) is 0 Å². The molecule has 1 aromatic carbocycles. The standard InChI is InChI=1S/C17H20N2O2S/c1-12(20)15-9-10-16(22-15)17(21)18-14(11-19(2)3)13-7-5-4-6-8-13/h4-10,14H,11H2,1-3H3,(H,18,21)/p+1/t14-/m1/s1. The molecule has 116 valence electrons. The van der Waals surface area contributed by atoms with Crippen LogP contribution in [0.5, 0.6) is 0 Å². The highest BCUT2D eigenvalue weighted by Gasteiger charge is 2.19. The average molecular weight is 317 g/mol. The zero-order chi connectivity index (χ0) is 16.1. The Balaban J connectivity index is 2.15. The lowest BCUT2D eigenvalue weighted by Crippen LogP contribution is -3.06. The molecule has 0 bridgehead atoms. The fourth-order valence-electron chi connectivity index (χ4n) is 2.22. The van der Waals surface area contributed by atoms with Gasteiger partial charge in [0, 0.05) is 0 Å². The number of quaternary nitrogens is 1. The molecule has 0 aliphatic heterocycles. The van der Waals surface area contributed by atoms with Gasteiger partial charge >= 0.3 is 0 Å². The van der Waals surface area contributed by atoms with E-state index < -0.39 is 0 Å². The van der Waals surface area contributed by atoms with Gasteiger partial charge in [0.2, 0.25) is 0 Å². The lowest BCUT2D eigenvalue weighted by molar-refractivity contribution is -0.860. The van der Waals surface area contributed by atoms with Crippen molar-refractivity contribution in [3.63, 3.8) is 0 Å². The first-order chi connectivity index (χ1) is 10.5. The van der Waals surface area contributed by atoms with E-state index in [0.29, 0.717) is 9.75 Å². The van der Waals surface area contributed by atoms with Crippen molar-refractivity contribution in [2.45, 2.75) is 13.0 Å². The summed E-state index contributed by atoms with van der Waals surface area (Å²) < 4.78 is 0. The van der Waals surface area contributed by atoms with E-state index in [0.717, 1.165) is 12.1 Å². The fourth-order valence-corrected chi connectivity index (χ4v) is 3.03. The number of ketones is 1. The summed E-state index contributed by atoms with van der Waals surface area (Å²) in [5.74, 6) is -0.144. The molecule has 0 saturated carbocycles. The Kier molecular flexibility index (Phi) is 5.46. The Morgan fingerprint density at radius 3 is 2.27 bits per heavy atom. The summed E-state index contributed by atoms with van der Waals surface area (Å²) in [6.45, 7) is 2.30. The Labute approximate surface area is 134 Å². The quantitative estimate of drug-likeness (QED) is 0.795. The van der Waals surface area contributed by atoms with E-state index in [1.54, 1.807) is 12.1 Å². The predicted octanol–water partition coefficient (Wildman–Crippen LogP) is 1.57. The molecule has 5 heteroatoms. The highest BCUT2D eigenvalue weighted by atomic mass is 32.1. The lowest BCUT2D eigenvalue weighted by atomic mass is 10.1. The molecule has 0 unspecified atom stereocenters. The Hall–Kier alpha value is -1.98. The summed E-state index contributed by atoms with van der Waals surface area (Å²) in [6.07, 6.45) is 0. The van der Waals surface area contributed by atoms with Crippen LogP contribution >= 0.6 is 11.3 Å². The summed E-state index contributed by atoms with van der Waals surface area (Å²) in [6, 6.07) is 13.3. The first-order valence-electron chi connectivity index (χ1n) is 7.23.